The Balaban J connectivity index is 2.18. The van der Waals surface area contributed by atoms with E-state index in [-0.39, 0.29) is 11.9 Å². The smallest absolute Gasteiger partial charge is 0.308 e. The minimum atomic E-state index is -2.17. The summed E-state index contributed by atoms with van der Waals surface area (Å²) >= 11 is 0. The maximum absolute atomic E-state index is 13.7. The summed E-state index contributed by atoms with van der Waals surface area (Å²) in [5.41, 5.74) is -2.53. The van der Waals surface area contributed by atoms with Crippen molar-refractivity contribution in [3.05, 3.63) is 51.0 Å². The summed E-state index contributed by atoms with van der Waals surface area (Å²) in [6, 6.07) is 0.380. The van der Waals surface area contributed by atoms with Crippen molar-refractivity contribution in [1.29, 1.82) is 0 Å². The predicted octanol–water partition coefficient (Wildman–Crippen LogP) is 2.07. The number of carbonyl (C=O) groups is 2. The Labute approximate surface area is 143 Å². The summed E-state index contributed by atoms with van der Waals surface area (Å²) in [7, 11) is 0. The molecule has 0 aliphatic rings. The lowest BCUT2D eigenvalue weighted by atomic mass is 10.1. The van der Waals surface area contributed by atoms with Gasteiger partial charge in [-0.25, -0.2) is 8.78 Å². The summed E-state index contributed by atoms with van der Waals surface area (Å²) < 4.78 is 45.2. The fraction of sp³-hybridized carbons (Fsp3) is 0.214. The topological polar surface area (TPSA) is 127 Å². The number of benzene rings is 1. The summed E-state index contributed by atoms with van der Waals surface area (Å²) in [5, 5.41) is 18.5. The van der Waals surface area contributed by atoms with Gasteiger partial charge in [-0.3, -0.25) is 19.7 Å². The van der Waals surface area contributed by atoms with Crippen molar-refractivity contribution in [2.45, 2.75) is 19.9 Å². The number of nitrogens with one attached hydrogen (secondary N) is 2. The predicted molar refractivity (Wildman–Crippen MR) is 79.8 cm³/mol. The molecule has 1 aromatic heterocycles. The molecule has 0 aliphatic carbocycles. The second kappa shape index (κ2) is 7.21. The minimum Gasteiger partial charge on any atom is -0.360 e. The largest absolute Gasteiger partial charge is 0.360 e. The van der Waals surface area contributed by atoms with Gasteiger partial charge < -0.3 is 15.2 Å². The quantitative estimate of drug-likeness (QED) is 0.470. The Morgan fingerprint density at radius 1 is 1.23 bits per heavy atom. The van der Waals surface area contributed by atoms with Gasteiger partial charge in [0.1, 0.15) is 11.8 Å². The van der Waals surface area contributed by atoms with Crippen LogP contribution in [0.1, 0.15) is 23.0 Å². The molecule has 0 aliphatic heterocycles. The highest BCUT2D eigenvalue weighted by molar-refractivity contribution is 6.01. The van der Waals surface area contributed by atoms with Crippen LogP contribution in [-0.2, 0) is 4.79 Å². The summed E-state index contributed by atoms with van der Waals surface area (Å²) in [4.78, 5) is 33.3. The molecule has 2 amide bonds. The molecule has 0 saturated heterocycles. The van der Waals surface area contributed by atoms with E-state index in [0.29, 0.717) is 5.76 Å². The fourth-order valence-electron chi connectivity index (χ4n) is 1.89. The number of carbonyl (C=O) groups excluding carboxylic acids is 2. The molecule has 1 atom stereocenters. The van der Waals surface area contributed by atoms with E-state index in [1.165, 1.54) is 13.0 Å². The number of nitro groups is 1. The van der Waals surface area contributed by atoms with Crippen LogP contribution in [0.4, 0.5) is 24.7 Å². The molecular weight excluding hydrogens is 361 g/mol. The van der Waals surface area contributed by atoms with Crippen molar-refractivity contribution in [1.82, 2.24) is 10.5 Å². The van der Waals surface area contributed by atoms with Crippen molar-refractivity contribution in [2.24, 2.45) is 0 Å². The molecule has 0 saturated carbocycles. The van der Waals surface area contributed by atoms with Crippen LogP contribution >= 0.6 is 0 Å². The Kier molecular flexibility index (Phi) is 5.24. The SMILES string of the molecule is Cc1cc(NC(=O)[C@@H](C)NC(=O)c2cc([N+](=O)[O-])c(F)c(F)c2F)no1. The van der Waals surface area contributed by atoms with E-state index in [9.17, 15) is 32.9 Å². The normalized spacial score (nSPS) is 11.7. The van der Waals surface area contributed by atoms with Crippen molar-refractivity contribution in [3.8, 4) is 0 Å². The first-order chi connectivity index (χ1) is 12.1. The monoisotopic (exact) mass is 372 g/mol. The zero-order valence-electron chi connectivity index (χ0n) is 13.3. The van der Waals surface area contributed by atoms with Crippen LogP contribution in [0.15, 0.2) is 16.7 Å². The van der Waals surface area contributed by atoms with E-state index < -0.39 is 51.5 Å². The maximum atomic E-state index is 13.7. The Morgan fingerprint density at radius 2 is 1.88 bits per heavy atom. The van der Waals surface area contributed by atoms with Crippen LogP contribution in [0, 0.1) is 34.5 Å². The molecule has 0 spiro atoms. The minimum absolute atomic E-state index is 0.0586. The van der Waals surface area contributed by atoms with Gasteiger partial charge in [0.05, 0.1) is 10.5 Å². The number of nitro benzene ring substituents is 1. The average Bonchev–Trinajstić information content (AvgIpc) is 2.97. The van der Waals surface area contributed by atoms with Crippen LogP contribution in [-0.4, -0.2) is 27.9 Å². The molecule has 2 rings (SSSR count). The van der Waals surface area contributed by atoms with Crippen LogP contribution in [0.5, 0.6) is 0 Å². The molecule has 9 nitrogen and oxygen atoms in total. The van der Waals surface area contributed by atoms with Crippen LogP contribution < -0.4 is 10.6 Å². The summed E-state index contributed by atoms with van der Waals surface area (Å²) in [6.45, 7) is 2.79. The first-order valence-corrected chi connectivity index (χ1v) is 6.98. The number of nitrogens with zero attached hydrogens (tertiary/aromatic N) is 2. The molecule has 2 N–H and O–H groups in total. The van der Waals surface area contributed by atoms with Gasteiger partial charge in [-0.05, 0) is 13.8 Å². The van der Waals surface area contributed by atoms with Crippen molar-refractivity contribution in [3.63, 3.8) is 0 Å². The summed E-state index contributed by atoms with van der Waals surface area (Å²) in [5.74, 6) is -7.76. The molecule has 0 unspecified atom stereocenters. The van der Waals surface area contributed by atoms with Crippen LogP contribution in [0.3, 0.4) is 0 Å². The number of amides is 2. The highest BCUT2D eigenvalue weighted by atomic mass is 19.2. The first kappa shape index (κ1) is 18.9. The third-order valence-electron chi connectivity index (χ3n) is 3.19. The highest BCUT2D eigenvalue weighted by Crippen LogP contribution is 2.25. The number of anilines is 1. The maximum Gasteiger partial charge on any atom is 0.308 e. The molecule has 0 radical (unpaired) electrons. The second-order valence-corrected chi connectivity index (χ2v) is 5.15. The van der Waals surface area contributed by atoms with Crippen LogP contribution in [0.2, 0.25) is 0 Å². The molecule has 0 bridgehead atoms. The van der Waals surface area contributed by atoms with Gasteiger partial charge in [0.2, 0.25) is 17.5 Å². The van der Waals surface area contributed by atoms with Crippen LogP contribution in [0.25, 0.3) is 0 Å². The number of halogens is 3. The van der Waals surface area contributed by atoms with Crippen molar-refractivity contribution in [2.75, 3.05) is 5.32 Å². The molecule has 12 heteroatoms. The van der Waals surface area contributed by atoms with Gasteiger partial charge in [-0.1, -0.05) is 5.16 Å². The van der Waals surface area contributed by atoms with Gasteiger partial charge in [0.25, 0.3) is 5.91 Å². The average molecular weight is 372 g/mol. The van der Waals surface area contributed by atoms with E-state index in [0.717, 1.165) is 0 Å². The van der Waals surface area contributed by atoms with Gasteiger partial charge in [-0.15, -0.1) is 0 Å². The van der Waals surface area contributed by atoms with E-state index >= 15 is 0 Å². The number of aryl methyl sites for hydroxylation is 1. The summed E-state index contributed by atoms with van der Waals surface area (Å²) in [6.07, 6.45) is 0. The lowest BCUT2D eigenvalue weighted by molar-refractivity contribution is -0.387. The number of hydrogen-bond acceptors (Lipinski definition) is 6. The van der Waals surface area contributed by atoms with E-state index in [1.54, 1.807) is 6.92 Å². The van der Waals surface area contributed by atoms with Crippen molar-refractivity contribution < 1.29 is 32.2 Å². The molecule has 2 aromatic rings. The molecule has 1 aromatic carbocycles. The Bertz CT molecular complexity index is 899. The van der Waals surface area contributed by atoms with Gasteiger partial charge in [0, 0.05) is 12.1 Å². The molecule has 0 fully saturated rings. The van der Waals surface area contributed by atoms with Gasteiger partial charge in [-0.2, -0.15) is 4.39 Å². The fourth-order valence-corrected chi connectivity index (χ4v) is 1.89. The molecule has 26 heavy (non-hydrogen) atoms. The molecule has 1 heterocycles. The standard InChI is InChI=1S/C14H11F3N4O5/c1-5-3-9(20-26-5)19-13(22)6(2)18-14(23)7-4-8(21(24)25)11(16)12(17)10(7)15/h3-4,6H,1-2H3,(H,18,23)(H,19,20,22)/t6-/m1/s1. The first-order valence-electron chi connectivity index (χ1n) is 6.98. The number of hydrogen-bond donors (Lipinski definition) is 2. The zero-order chi connectivity index (χ0) is 19.6. The van der Waals surface area contributed by atoms with Gasteiger partial charge in [0.15, 0.2) is 11.6 Å². The van der Waals surface area contributed by atoms with E-state index in [1.807, 2.05) is 5.32 Å². The third kappa shape index (κ3) is 3.79. The lowest BCUT2D eigenvalue weighted by Gasteiger charge is -2.13. The zero-order valence-corrected chi connectivity index (χ0v) is 13.3. The lowest BCUT2D eigenvalue weighted by Crippen LogP contribution is -2.42. The second-order valence-electron chi connectivity index (χ2n) is 5.15. The highest BCUT2D eigenvalue weighted by Gasteiger charge is 2.29. The third-order valence-corrected chi connectivity index (χ3v) is 3.19. The number of aromatic nitrogens is 1. The molecule has 138 valence electrons. The number of rotatable bonds is 5. The van der Waals surface area contributed by atoms with E-state index in [4.69, 9.17) is 4.52 Å². The Morgan fingerprint density at radius 3 is 2.42 bits per heavy atom. The van der Waals surface area contributed by atoms with Crippen molar-refractivity contribution >= 4 is 23.3 Å². The van der Waals surface area contributed by atoms with E-state index in [2.05, 4.69) is 10.5 Å². The molecular formula is C14H11F3N4O5. The Hall–Kier alpha value is -3.44. The van der Waals surface area contributed by atoms with Gasteiger partial charge >= 0.3 is 5.69 Å².